The fourth-order valence-corrected chi connectivity index (χ4v) is 3.96. The third-order valence-corrected chi connectivity index (χ3v) is 5.48. The average molecular weight is 393 g/mol. The molecule has 0 bridgehead atoms. The van der Waals surface area contributed by atoms with E-state index in [1.165, 1.54) is 25.0 Å². The quantitative estimate of drug-likeness (QED) is 0.623. The molecule has 2 aromatic carbocycles. The van der Waals surface area contributed by atoms with E-state index < -0.39 is 0 Å². The molecule has 4 rings (SSSR count). The molecule has 0 aliphatic heterocycles. The number of nitrogens with one attached hydrogen (secondary N) is 1. The van der Waals surface area contributed by atoms with Crippen LogP contribution in [0.3, 0.4) is 0 Å². The number of rotatable bonds is 7. The minimum Gasteiger partial charge on any atom is -0.349 e. The Hall–Kier alpha value is -3.02. The fourth-order valence-electron chi connectivity index (χ4n) is 3.96. The number of carbonyl (C=O) groups is 1. The zero-order valence-corrected chi connectivity index (χ0v) is 16.2. The van der Waals surface area contributed by atoms with E-state index in [0.717, 1.165) is 24.0 Å². The van der Waals surface area contributed by atoms with E-state index in [1.54, 1.807) is 12.1 Å². The smallest absolute Gasteiger partial charge is 0.227 e. The normalized spacial score (nSPS) is 15.3. The van der Waals surface area contributed by atoms with Crippen LogP contribution < -0.4 is 5.32 Å². The lowest BCUT2D eigenvalue weighted by Gasteiger charge is -2.25. The molecule has 6 heteroatoms. The number of hydrogen-bond acceptors (Lipinski definition) is 4. The van der Waals surface area contributed by atoms with Crippen LogP contribution in [0.5, 0.6) is 0 Å². The van der Waals surface area contributed by atoms with Crippen molar-refractivity contribution in [3.63, 3.8) is 0 Å². The van der Waals surface area contributed by atoms with Gasteiger partial charge >= 0.3 is 0 Å². The second-order valence-electron chi connectivity index (χ2n) is 7.52. The maximum Gasteiger partial charge on any atom is 0.227 e. The minimum atomic E-state index is -0.268. The van der Waals surface area contributed by atoms with Crippen LogP contribution >= 0.6 is 0 Å². The van der Waals surface area contributed by atoms with Crippen molar-refractivity contribution >= 4 is 5.91 Å². The van der Waals surface area contributed by atoms with Crippen molar-refractivity contribution in [3.8, 4) is 11.4 Å². The number of benzene rings is 2. The Labute approximate surface area is 169 Å². The maximum atomic E-state index is 13.3. The number of hydrogen-bond donors (Lipinski definition) is 1. The van der Waals surface area contributed by atoms with Crippen LogP contribution in [0.2, 0.25) is 0 Å². The lowest BCUT2D eigenvalue weighted by molar-refractivity contribution is -0.122. The Bertz CT molecular complexity index is 934. The summed E-state index contributed by atoms with van der Waals surface area (Å²) < 4.78 is 18.6. The Morgan fingerprint density at radius 3 is 2.55 bits per heavy atom. The average Bonchev–Trinajstić information content (AvgIpc) is 3.44. The van der Waals surface area contributed by atoms with Crippen LogP contribution in [0.4, 0.5) is 4.39 Å². The highest BCUT2D eigenvalue weighted by Crippen LogP contribution is 2.35. The van der Waals surface area contributed by atoms with Crippen LogP contribution in [0.15, 0.2) is 59.1 Å². The molecule has 1 fully saturated rings. The van der Waals surface area contributed by atoms with Gasteiger partial charge in [-0.25, -0.2) is 4.39 Å². The number of carbonyl (C=O) groups excluding carboxylic acids is 1. The van der Waals surface area contributed by atoms with Crippen molar-refractivity contribution in [2.24, 2.45) is 5.92 Å². The van der Waals surface area contributed by atoms with Crippen molar-refractivity contribution in [1.82, 2.24) is 15.5 Å². The molecule has 1 heterocycles. The highest BCUT2D eigenvalue weighted by Gasteiger charge is 2.27. The largest absolute Gasteiger partial charge is 0.349 e. The van der Waals surface area contributed by atoms with Crippen molar-refractivity contribution in [3.05, 3.63) is 71.9 Å². The van der Waals surface area contributed by atoms with E-state index in [-0.39, 0.29) is 24.2 Å². The van der Waals surface area contributed by atoms with Gasteiger partial charge in [-0.3, -0.25) is 4.79 Å². The lowest BCUT2D eigenvalue weighted by atomic mass is 9.91. The molecule has 3 aromatic rings. The Kier molecular flexibility index (Phi) is 5.98. The van der Waals surface area contributed by atoms with Gasteiger partial charge in [0.1, 0.15) is 5.82 Å². The predicted octanol–water partition coefficient (Wildman–Crippen LogP) is 4.86. The second kappa shape index (κ2) is 8.99. The molecule has 1 saturated carbocycles. The molecule has 1 amide bonds. The summed E-state index contributed by atoms with van der Waals surface area (Å²) in [6.45, 7) is 0. The summed E-state index contributed by atoms with van der Waals surface area (Å²) in [5.74, 6) is 1.02. The number of halogens is 1. The highest BCUT2D eigenvalue weighted by molar-refractivity contribution is 5.76. The Morgan fingerprint density at radius 2 is 1.83 bits per heavy atom. The van der Waals surface area contributed by atoms with Crippen LogP contribution in [0, 0.1) is 11.7 Å². The van der Waals surface area contributed by atoms with Gasteiger partial charge in [0, 0.05) is 18.4 Å². The van der Waals surface area contributed by atoms with Crippen LogP contribution in [-0.4, -0.2) is 16.0 Å². The molecule has 0 saturated heterocycles. The zero-order valence-electron chi connectivity index (χ0n) is 16.2. The summed E-state index contributed by atoms with van der Waals surface area (Å²) in [5, 5.41) is 7.14. The van der Waals surface area contributed by atoms with Crippen LogP contribution in [0.1, 0.15) is 49.6 Å². The van der Waals surface area contributed by atoms with Gasteiger partial charge in [0.25, 0.3) is 0 Å². The predicted molar refractivity (Wildman–Crippen MR) is 107 cm³/mol. The van der Waals surface area contributed by atoms with Gasteiger partial charge in [-0.15, -0.1) is 0 Å². The molecule has 1 aromatic heterocycles. The van der Waals surface area contributed by atoms with Gasteiger partial charge in [0.2, 0.25) is 17.6 Å². The van der Waals surface area contributed by atoms with Gasteiger partial charge in [0.15, 0.2) is 0 Å². The first-order valence-corrected chi connectivity index (χ1v) is 10.1. The van der Waals surface area contributed by atoms with E-state index in [2.05, 4.69) is 15.5 Å². The molecule has 0 radical (unpaired) electrons. The molecular formula is C23H24FN3O2. The molecule has 1 atom stereocenters. The summed E-state index contributed by atoms with van der Waals surface area (Å²) in [6, 6.07) is 15.9. The first-order valence-electron chi connectivity index (χ1n) is 10.1. The maximum absolute atomic E-state index is 13.3. The molecule has 0 unspecified atom stereocenters. The number of amides is 1. The molecule has 29 heavy (non-hydrogen) atoms. The first kappa shape index (κ1) is 19.3. The summed E-state index contributed by atoms with van der Waals surface area (Å²) >= 11 is 0. The number of nitrogens with zero attached hydrogens (tertiary/aromatic N) is 2. The topological polar surface area (TPSA) is 68.0 Å². The second-order valence-corrected chi connectivity index (χ2v) is 7.52. The third-order valence-electron chi connectivity index (χ3n) is 5.48. The van der Waals surface area contributed by atoms with Gasteiger partial charge in [-0.2, -0.15) is 4.98 Å². The Balaban J connectivity index is 1.38. The molecule has 1 aliphatic rings. The van der Waals surface area contributed by atoms with Gasteiger partial charge in [-0.1, -0.05) is 60.5 Å². The van der Waals surface area contributed by atoms with E-state index >= 15 is 0 Å². The lowest BCUT2D eigenvalue weighted by Crippen LogP contribution is -2.32. The standard InChI is InChI=1S/C23H24FN3O2/c24-19-12-10-17(11-13-19)22(16-6-4-5-7-16)25-20(28)14-15-21-26-23(27-29-21)18-8-2-1-3-9-18/h1-3,8-13,16,22H,4-7,14-15H2,(H,25,28)/t22-/m0/s1. The number of aromatic nitrogens is 2. The molecule has 150 valence electrons. The zero-order chi connectivity index (χ0) is 20.1. The molecular weight excluding hydrogens is 369 g/mol. The highest BCUT2D eigenvalue weighted by atomic mass is 19.1. The molecule has 1 aliphatic carbocycles. The SMILES string of the molecule is O=C(CCc1nc(-c2ccccc2)no1)N[C@H](c1ccc(F)cc1)C1CCCC1. The van der Waals surface area contributed by atoms with E-state index in [1.807, 2.05) is 30.3 Å². The van der Waals surface area contributed by atoms with Gasteiger partial charge in [0.05, 0.1) is 6.04 Å². The van der Waals surface area contributed by atoms with E-state index in [0.29, 0.717) is 24.1 Å². The first-order chi connectivity index (χ1) is 14.2. The number of aryl methyl sites for hydroxylation is 1. The van der Waals surface area contributed by atoms with Crippen molar-refractivity contribution in [1.29, 1.82) is 0 Å². The summed E-state index contributed by atoms with van der Waals surface area (Å²) in [6.07, 6.45) is 5.14. The molecule has 5 nitrogen and oxygen atoms in total. The van der Waals surface area contributed by atoms with Crippen molar-refractivity contribution in [2.75, 3.05) is 0 Å². The van der Waals surface area contributed by atoms with Gasteiger partial charge < -0.3 is 9.84 Å². The summed E-state index contributed by atoms with van der Waals surface area (Å²) in [4.78, 5) is 17.0. The van der Waals surface area contributed by atoms with Crippen LogP contribution in [0.25, 0.3) is 11.4 Å². The monoisotopic (exact) mass is 393 g/mol. The van der Waals surface area contributed by atoms with Crippen LogP contribution in [-0.2, 0) is 11.2 Å². The minimum absolute atomic E-state index is 0.0642. The molecule has 1 N–H and O–H groups in total. The van der Waals surface area contributed by atoms with Gasteiger partial charge in [-0.05, 0) is 36.5 Å². The molecule has 0 spiro atoms. The third kappa shape index (κ3) is 4.88. The fraction of sp³-hybridized carbons (Fsp3) is 0.348. The van der Waals surface area contributed by atoms with E-state index in [4.69, 9.17) is 4.52 Å². The van der Waals surface area contributed by atoms with Crippen molar-refractivity contribution in [2.45, 2.75) is 44.6 Å². The Morgan fingerprint density at radius 1 is 1.10 bits per heavy atom. The summed E-state index contributed by atoms with van der Waals surface area (Å²) in [7, 11) is 0. The van der Waals surface area contributed by atoms with E-state index in [9.17, 15) is 9.18 Å². The summed E-state index contributed by atoms with van der Waals surface area (Å²) in [5.41, 5.74) is 1.83. The van der Waals surface area contributed by atoms with Crippen molar-refractivity contribution < 1.29 is 13.7 Å².